The molecule has 2 unspecified atom stereocenters. The van der Waals surface area contributed by atoms with Crippen LogP contribution >= 0.6 is 12.6 Å². The third kappa shape index (κ3) is 9.47. The van der Waals surface area contributed by atoms with Crippen LogP contribution in [-0.2, 0) is 9.53 Å². The second-order valence-corrected chi connectivity index (χ2v) is 13.2. The Morgan fingerprint density at radius 2 is 1.47 bits per heavy atom. The van der Waals surface area contributed by atoms with Gasteiger partial charge in [-0.1, -0.05) is 43.4 Å². The average Bonchev–Trinajstić information content (AvgIpc) is 3.10. The van der Waals surface area contributed by atoms with Gasteiger partial charge in [-0.15, -0.1) is 12.6 Å². The third-order valence-corrected chi connectivity index (χ3v) is 9.13. The van der Waals surface area contributed by atoms with Gasteiger partial charge >= 0.3 is 0 Å². The molecule has 49 heavy (non-hydrogen) atoms. The fourth-order valence-corrected chi connectivity index (χ4v) is 5.81. The molecule has 3 aromatic carbocycles. The number of thiol groups is 1. The van der Waals surface area contributed by atoms with Crippen LogP contribution in [0, 0.1) is 5.92 Å². The molecule has 0 aromatic heterocycles. The lowest BCUT2D eigenvalue weighted by molar-refractivity contribution is -0.123. The van der Waals surface area contributed by atoms with Crippen molar-refractivity contribution in [2.75, 3.05) is 58.2 Å². The van der Waals surface area contributed by atoms with Gasteiger partial charge in [0.2, 0.25) is 5.91 Å². The predicted octanol–water partition coefficient (Wildman–Crippen LogP) is 6.78. The summed E-state index contributed by atoms with van der Waals surface area (Å²) in [7, 11) is 9.40. The van der Waals surface area contributed by atoms with Gasteiger partial charge in [0.15, 0.2) is 6.29 Å². The Bertz CT molecular complexity index is 1630. The van der Waals surface area contributed by atoms with Crippen molar-refractivity contribution in [2.24, 2.45) is 5.92 Å². The Balaban J connectivity index is 1.47. The highest BCUT2D eigenvalue weighted by Crippen LogP contribution is 2.50. The number of anilines is 2. The number of nitrogens with zero attached hydrogens (tertiary/aromatic N) is 2. The first-order valence-electron chi connectivity index (χ1n) is 16.7. The van der Waals surface area contributed by atoms with E-state index in [9.17, 15) is 14.7 Å². The fraction of sp³-hybridized carbons (Fsp3) is 0.385. The minimum Gasteiger partial charge on any atom is -0.457 e. The first-order valence-corrected chi connectivity index (χ1v) is 17.1. The van der Waals surface area contributed by atoms with E-state index in [1.807, 2.05) is 88.3 Å². The number of allylic oxidation sites excluding steroid dienone is 2. The van der Waals surface area contributed by atoms with Crippen LogP contribution in [0.2, 0.25) is 0 Å². The summed E-state index contributed by atoms with van der Waals surface area (Å²) in [5, 5.41) is 17.0. The number of rotatable bonds is 15. The maximum atomic E-state index is 13.2. The number of unbranched alkanes of at least 4 members (excludes halogenated alkanes) is 2. The lowest BCUT2D eigenvalue weighted by Crippen LogP contribution is -2.29. The summed E-state index contributed by atoms with van der Waals surface area (Å²) in [6.45, 7) is 4.82. The molecule has 0 saturated carbocycles. The first kappa shape index (κ1) is 37.6. The molecule has 2 atom stereocenters. The number of nitrogens with one attached hydrogen (secondary N) is 2. The molecule has 3 N–H and O–H groups in total. The molecule has 1 aliphatic rings. The number of amides is 2. The highest BCUT2D eigenvalue weighted by molar-refractivity contribution is 7.84. The molecule has 3 aromatic rings. The smallest absolute Gasteiger partial charge is 0.251 e. The Kier molecular flexibility index (Phi) is 13.4. The third-order valence-electron chi connectivity index (χ3n) is 8.72. The van der Waals surface area contributed by atoms with E-state index in [0.717, 1.165) is 63.7 Å². The molecule has 4 rings (SSSR count). The maximum absolute atomic E-state index is 13.2. The number of aliphatic hydroxyl groups excluding tert-OH is 1. The predicted molar refractivity (Wildman–Crippen MR) is 201 cm³/mol. The van der Waals surface area contributed by atoms with Gasteiger partial charge in [-0.25, -0.2) is 0 Å². The lowest BCUT2D eigenvalue weighted by atomic mass is 9.80. The SMILES string of the molecule is C/C=C(S)\C=C/C(C)C(=O)NCCCCCNC(=O)c1ccc(C2c3ccc(N(C)C)cc3Oc3cc(N(C)C)ccc32)c(C(O)OC)c1. The van der Waals surface area contributed by atoms with Gasteiger partial charge in [0, 0.05) is 100 Å². The second-order valence-electron chi connectivity index (χ2n) is 12.7. The minimum atomic E-state index is -1.24. The van der Waals surface area contributed by atoms with Crippen molar-refractivity contribution in [3.8, 4) is 11.5 Å². The number of carbonyl (C=O) groups is 2. The van der Waals surface area contributed by atoms with Crippen LogP contribution in [-0.4, -0.2) is 65.3 Å². The van der Waals surface area contributed by atoms with Gasteiger partial charge in [0.25, 0.3) is 5.91 Å². The van der Waals surface area contributed by atoms with Crippen LogP contribution in [0.1, 0.15) is 77.9 Å². The van der Waals surface area contributed by atoms with E-state index >= 15 is 0 Å². The van der Waals surface area contributed by atoms with Gasteiger partial charge < -0.3 is 35.0 Å². The summed E-state index contributed by atoms with van der Waals surface area (Å²) in [6.07, 6.45) is 6.72. The van der Waals surface area contributed by atoms with Crippen LogP contribution < -0.4 is 25.2 Å². The van der Waals surface area contributed by atoms with Crippen molar-refractivity contribution >= 4 is 35.8 Å². The number of methoxy groups -OCH3 is 1. The molecule has 10 heteroatoms. The van der Waals surface area contributed by atoms with Crippen LogP contribution in [0.25, 0.3) is 0 Å². The summed E-state index contributed by atoms with van der Waals surface area (Å²) in [4.78, 5) is 30.4. The highest BCUT2D eigenvalue weighted by Gasteiger charge is 2.32. The number of benzene rings is 3. The van der Waals surface area contributed by atoms with Crippen molar-refractivity contribution < 1.29 is 24.2 Å². The zero-order valence-electron chi connectivity index (χ0n) is 29.6. The minimum absolute atomic E-state index is 0.0244. The van der Waals surface area contributed by atoms with Crippen LogP contribution in [0.3, 0.4) is 0 Å². The Morgan fingerprint density at radius 3 is 2.02 bits per heavy atom. The Labute approximate surface area is 296 Å². The van der Waals surface area contributed by atoms with Crippen LogP contribution in [0.15, 0.2) is 77.7 Å². The number of hydrogen-bond acceptors (Lipinski definition) is 8. The van der Waals surface area contributed by atoms with Gasteiger partial charge in [0.05, 0.1) is 5.92 Å². The van der Waals surface area contributed by atoms with E-state index in [4.69, 9.17) is 9.47 Å². The zero-order valence-corrected chi connectivity index (χ0v) is 30.5. The molecule has 0 radical (unpaired) electrons. The standard InChI is InChI=1S/C39H50N4O5S/c1-8-29(49)16-12-25(2)37(44)40-20-10-9-11-21-41-38(45)26-13-17-30(33(22-26)39(46)47-7)36-31-18-14-27(42(3)4)23-34(31)48-35-24-28(43(5)6)15-19-32(35)36/h8,12-19,22-25,36,39,46,49H,9-11,20-21H2,1-7H3,(H,40,44)(H,41,45)/b16-12-,29-8+. The molecule has 2 amide bonds. The number of ether oxygens (including phenoxy) is 2. The van der Waals surface area contributed by atoms with Gasteiger partial charge in [-0.05, 0) is 60.9 Å². The van der Waals surface area contributed by atoms with Crippen LogP contribution in [0.4, 0.5) is 11.4 Å². The van der Waals surface area contributed by atoms with Crippen LogP contribution in [0.5, 0.6) is 11.5 Å². The number of fused-ring (bicyclic) bond motifs is 2. The van der Waals surface area contributed by atoms with E-state index in [2.05, 4.69) is 47.5 Å². The monoisotopic (exact) mass is 686 g/mol. The number of carbonyl (C=O) groups excluding carboxylic acids is 2. The van der Waals surface area contributed by atoms with E-state index in [-0.39, 0.29) is 23.7 Å². The average molecular weight is 687 g/mol. The molecule has 9 nitrogen and oxygen atoms in total. The number of aliphatic hydroxyl groups is 1. The summed E-state index contributed by atoms with van der Waals surface area (Å²) >= 11 is 4.30. The maximum Gasteiger partial charge on any atom is 0.251 e. The highest BCUT2D eigenvalue weighted by atomic mass is 32.1. The van der Waals surface area contributed by atoms with Gasteiger partial charge in [-0.2, -0.15) is 0 Å². The fourth-order valence-electron chi connectivity index (χ4n) is 5.73. The van der Waals surface area contributed by atoms with Crippen molar-refractivity contribution in [2.45, 2.75) is 45.3 Å². The molecular formula is C39H50N4O5S. The molecular weight excluding hydrogens is 637 g/mol. The van der Waals surface area contributed by atoms with Crippen molar-refractivity contribution in [1.82, 2.24) is 10.6 Å². The summed E-state index contributed by atoms with van der Waals surface area (Å²) in [5.74, 6) is 0.717. The normalized spacial score (nSPS) is 14.0. The molecule has 1 aliphatic heterocycles. The Morgan fingerprint density at radius 1 is 0.898 bits per heavy atom. The largest absolute Gasteiger partial charge is 0.457 e. The molecule has 262 valence electrons. The van der Waals surface area contributed by atoms with Gasteiger partial charge in [0.1, 0.15) is 11.5 Å². The van der Waals surface area contributed by atoms with E-state index in [0.29, 0.717) is 24.2 Å². The van der Waals surface area contributed by atoms with Crippen molar-refractivity contribution in [1.29, 1.82) is 0 Å². The van der Waals surface area contributed by atoms with Crippen molar-refractivity contribution in [3.63, 3.8) is 0 Å². The first-order chi connectivity index (χ1) is 23.4. The summed E-state index contributed by atoms with van der Waals surface area (Å²) in [5.41, 5.74) is 5.71. The molecule has 0 fully saturated rings. The zero-order chi connectivity index (χ0) is 35.7. The van der Waals surface area contributed by atoms with E-state index in [1.165, 1.54) is 7.11 Å². The van der Waals surface area contributed by atoms with E-state index in [1.54, 1.807) is 12.1 Å². The van der Waals surface area contributed by atoms with E-state index < -0.39 is 6.29 Å². The quantitative estimate of drug-likeness (QED) is 0.0473. The molecule has 0 bridgehead atoms. The molecule has 0 saturated heterocycles. The molecule has 0 aliphatic carbocycles. The molecule has 1 heterocycles. The second kappa shape index (κ2) is 17.4. The lowest BCUT2D eigenvalue weighted by Gasteiger charge is -2.32. The Hall–Kier alpha value is -4.25. The van der Waals surface area contributed by atoms with Gasteiger partial charge in [-0.3, -0.25) is 9.59 Å². The summed E-state index contributed by atoms with van der Waals surface area (Å²) in [6, 6.07) is 17.7. The number of hydrogen-bond donors (Lipinski definition) is 4. The summed E-state index contributed by atoms with van der Waals surface area (Å²) < 4.78 is 11.9. The van der Waals surface area contributed by atoms with Crippen molar-refractivity contribution in [3.05, 3.63) is 106 Å². The topological polar surface area (TPSA) is 103 Å². The molecule has 0 spiro atoms.